The summed E-state index contributed by atoms with van der Waals surface area (Å²) < 4.78 is 0. The molecule has 0 aromatic heterocycles. The van der Waals surface area contributed by atoms with Gasteiger partial charge in [0.15, 0.2) is 0 Å². The summed E-state index contributed by atoms with van der Waals surface area (Å²) in [5, 5.41) is 0. The highest BCUT2D eigenvalue weighted by molar-refractivity contribution is 5.75. The largest absolute Gasteiger partial charge is 0.306 e. The highest BCUT2D eigenvalue weighted by Gasteiger charge is 2.15. The van der Waals surface area contributed by atoms with Crippen molar-refractivity contribution in [3.05, 3.63) is 0 Å². The van der Waals surface area contributed by atoms with Crippen LogP contribution >= 0.6 is 0 Å². The summed E-state index contributed by atoms with van der Waals surface area (Å²) in [7, 11) is 4.09. The average molecular weight is 157 g/mol. The maximum Gasteiger partial charge on any atom is 0.130 e. The van der Waals surface area contributed by atoms with Gasteiger partial charge in [0.1, 0.15) is 5.78 Å². The highest BCUT2D eigenvalue weighted by Crippen LogP contribution is 2.11. The molecule has 0 radical (unpaired) electrons. The first-order valence-corrected chi connectivity index (χ1v) is 4.11. The van der Waals surface area contributed by atoms with E-state index in [2.05, 4.69) is 18.7 Å². The predicted molar refractivity (Wildman–Crippen MR) is 47.6 cm³/mol. The topological polar surface area (TPSA) is 20.3 Å². The van der Waals surface area contributed by atoms with Crippen molar-refractivity contribution in [1.29, 1.82) is 0 Å². The van der Waals surface area contributed by atoms with E-state index in [1.807, 2.05) is 14.1 Å². The zero-order valence-electron chi connectivity index (χ0n) is 8.22. The molecule has 0 saturated carbocycles. The number of hydrogen-bond acceptors (Lipinski definition) is 2. The first-order chi connectivity index (χ1) is 4.95. The minimum atomic E-state index is 0.284. The lowest BCUT2D eigenvalue weighted by molar-refractivity contribution is -0.118. The fraction of sp³-hybridized carbons (Fsp3) is 0.889. The molecule has 66 valence electrons. The Morgan fingerprint density at radius 2 is 1.82 bits per heavy atom. The van der Waals surface area contributed by atoms with Crippen molar-refractivity contribution < 1.29 is 4.79 Å². The van der Waals surface area contributed by atoms with Crippen molar-refractivity contribution in [3.63, 3.8) is 0 Å². The number of ketones is 1. The zero-order chi connectivity index (χ0) is 9.02. The van der Waals surface area contributed by atoms with Gasteiger partial charge in [-0.3, -0.25) is 0 Å². The molecule has 0 aromatic carbocycles. The number of hydrogen-bond donors (Lipinski definition) is 0. The summed E-state index contributed by atoms with van der Waals surface area (Å²) in [6, 6.07) is 0.485. The molecule has 0 spiro atoms. The Labute approximate surface area is 69.6 Å². The van der Waals surface area contributed by atoms with E-state index in [0.29, 0.717) is 18.4 Å². The number of nitrogens with zero attached hydrogens (tertiary/aromatic N) is 1. The molecule has 0 aliphatic rings. The third-order valence-corrected chi connectivity index (χ3v) is 2.25. The van der Waals surface area contributed by atoms with E-state index >= 15 is 0 Å². The zero-order valence-corrected chi connectivity index (χ0v) is 8.22. The van der Waals surface area contributed by atoms with Gasteiger partial charge >= 0.3 is 0 Å². The van der Waals surface area contributed by atoms with Crippen LogP contribution in [0, 0.1) is 5.92 Å². The van der Waals surface area contributed by atoms with Crippen LogP contribution in [0.2, 0.25) is 0 Å². The Balaban J connectivity index is 3.82. The first kappa shape index (κ1) is 10.6. The molecular weight excluding hydrogens is 138 g/mol. The van der Waals surface area contributed by atoms with Crippen LogP contribution in [0.1, 0.15) is 27.2 Å². The Hall–Kier alpha value is -0.370. The highest BCUT2D eigenvalue weighted by atomic mass is 16.1. The van der Waals surface area contributed by atoms with Gasteiger partial charge in [-0.05, 0) is 33.9 Å². The molecule has 0 saturated heterocycles. The molecule has 2 nitrogen and oxygen atoms in total. The molecule has 2 heteroatoms. The van der Waals surface area contributed by atoms with Crippen LogP contribution in [0.25, 0.3) is 0 Å². The summed E-state index contributed by atoms with van der Waals surface area (Å²) in [5.74, 6) is 0.744. The van der Waals surface area contributed by atoms with Crippen LogP contribution in [-0.4, -0.2) is 30.8 Å². The lowest BCUT2D eigenvalue weighted by atomic mass is 9.97. The Morgan fingerprint density at radius 3 is 2.09 bits per heavy atom. The monoisotopic (exact) mass is 157 g/mol. The van der Waals surface area contributed by atoms with Gasteiger partial charge in [-0.2, -0.15) is 0 Å². The molecule has 0 aliphatic carbocycles. The molecule has 0 aromatic rings. The molecule has 11 heavy (non-hydrogen) atoms. The lowest BCUT2D eigenvalue weighted by Crippen LogP contribution is -2.31. The minimum Gasteiger partial charge on any atom is -0.306 e. The number of Topliss-reactive ketones (excluding diaryl/α,β-unsaturated/α-hetero) is 1. The van der Waals surface area contributed by atoms with Gasteiger partial charge in [0.05, 0.1) is 0 Å². The molecule has 0 aliphatic heterocycles. The summed E-state index contributed by atoms with van der Waals surface area (Å²) in [6.45, 7) is 5.92. The van der Waals surface area contributed by atoms with E-state index in [0.717, 1.165) is 0 Å². The Bertz CT molecular complexity index is 132. The summed E-state index contributed by atoms with van der Waals surface area (Å²) in [5.41, 5.74) is 0. The van der Waals surface area contributed by atoms with E-state index < -0.39 is 0 Å². The molecule has 0 fully saturated rings. The van der Waals surface area contributed by atoms with Crippen LogP contribution in [0.3, 0.4) is 0 Å². The minimum absolute atomic E-state index is 0.284. The van der Waals surface area contributed by atoms with Crippen LogP contribution in [0.5, 0.6) is 0 Å². The van der Waals surface area contributed by atoms with Crippen LogP contribution in [0.4, 0.5) is 0 Å². The smallest absolute Gasteiger partial charge is 0.130 e. The molecule has 0 N–H and O–H groups in total. The van der Waals surface area contributed by atoms with Gasteiger partial charge in [0.25, 0.3) is 0 Å². The molecule has 0 heterocycles. The SMILES string of the molecule is CC(=O)CC(C)C(C)N(C)C. The van der Waals surface area contributed by atoms with E-state index in [1.165, 1.54) is 0 Å². The summed E-state index contributed by atoms with van der Waals surface area (Å²) in [4.78, 5) is 12.9. The second kappa shape index (κ2) is 4.50. The number of carbonyl (C=O) groups excluding carboxylic acids is 1. The fourth-order valence-corrected chi connectivity index (χ4v) is 1.13. The third-order valence-electron chi connectivity index (χ3n) is 2.25. The van der Waals surface area contributed by atoms with Gasteiger partial charge in [0, 0.05) is 12.5 Å². The van der Waals surface area contributed by atoms with E-state index in [4.69, 9.17) is 0 Å². The van der Waals surface area contributed by atoms with Gasteiger partial charge in [-0.1, -0.05) is 6.92 Å². The molecular formula is C9H19NO. The Morgan fingerprint density at radius 1 is 1.36 bits per heavy atom. The Kier molecular flexibility index (Phi) is 4.34. The van der Waals surface area contributed by atoms with E-state index in [-0.39, 0.29) is 5.78 Å². The second-order valence-corrected chi connectivity index (χ2v) is 3.59. The number of carbonyl (C=O) groups is 1. The molecule has 2 atom stereocenters. The normalized spacial score (nSPS) is 16.5. The fourth-order valence-electron chi connectivity index (χ4n) is 1.13. The van der Waals surface area contributed by atoms with E-state index in [1.54, 1.807) is 6.92 Å². The van der Waals surface area contributed by atoms with Gasteiger partial charge < -0.3 is 9.69 Å². The van der Waals surface area contributed by atoms with Crippen LogP contribution in [0.15, 0.2) is 0 Å². The molecule has 0 amide bonds. The van der Waals surface area contributed by atoms with Crippen LogP contribution < -0.4 is 0 Å². The van der Waals surface area contributed by atoms with Crippen molar-refractivity contribution in [2.75, 3.05) is 14.1 Å². The van der Waals surface area contributed by atoms with Crippen molar-refractivity contribution >= 4 is 5.78 Å². The predicted octanol–water partition coefficient (Wildman–Crippen LogP) is 1.55. The summed E-state index contributed by atoms with van der Waals surface area (Å²) in [6.07, 6.45) is 0.694. The molecule has 0 rings (SSSR count). The van der Waals surface area contributed by atoms with Gasteiger partial charge in [0.2, 0.25) is 0 Å². The molecule has 2 unspecified atom stereocenters. The number of rotatable bonds is 4. The average Bonchev–Trinajstić information content (AvgIpc) is 1.84. The van der Waals surface area contributed by atoms with Crippen molar-refractivity contribution in [3.8, 4) is 0 Å². The van der Waals surface area contributed by atoms with E-state index in [9.17, 15) is 4.79 Å². The first-order valence-electron chi connectivity index (χ1n) is 4.11. The molecule has 0 bridgehead atoms. The second-order valence-electron chi connectivity index (χ2n) is 3.59. The quantitative estimate of drug-likeness (QED) is 0.617. The maximum absolute atomic E-state index is 10.8. The van der Waals surface area contributed by atoms with Crippen LogP contribution in [-0.2, 0) is 4.79 Å². The summed E-state index contributed by atoms with van der Waals surface area (Å²) >= 11 is 0. The van der Waals surface area contributed by atoms with Crippen molar-refractivity contribution in [1.82, 2.24) is 4.90 Å². The third kappa shape index (κ3) is 4.14. The lowest BCUT2D eigenvalue weighted by Gasteiger charge is -2.25. The standard InChI is InChI=1S/C9H19NO/c1-7(6-8(2)11)9(3)10(4)5/h7,9H,6H2,1-5H3. The van der Waals surface area contributed by atoms with Gasteiger partial charge in [-0.25, -0.2) is 0 Å². The van der Waals surface area contributed by atoms with Gasteiger partial charge in [-0.15, -0.1) is 0 Å². The van der Waals surface area contributed by atoms with Crippen molar-refractivity contribution in [2.45, 2.75) is 33.2 Å². The van der Waals surface area contributed by atoms with Crippen molar-refractivity contribution in [2.24, 2.45) is 5.92 Å². The maximum atomic E-state index is 10.8.